The highest BCUT2D eigenvalue weighted by atomic mass is 16.4. The van der Waals surface area contributed by atoms with Crippen molar-refractivity contribution in [3.05, 3.63) is 53.6 Å². The molecule has 2 aromatic carbocycles. The molecule has 0 saturated carbocycles. The van der Waals surface area contributed by atoms with Crippen molar-refractivity contribution in [2.45, 2.75) is 58.3 Å². The van der Waals surface area contributed by atoms with Gasteiger partial charge in [-0.25, -0.2) is 0 Å². The number of unbranched alkanes of at least 4 members (excludes halogenated alkanes) is 6. The number of benzene rings is 2. The highest BCUT2D eigenvalue weighted by Crippen LogP contribution is 2.30. The van der Waals surface area contributed by atoms with E-state index in [9.17, 15) is 5.11 Å². The quantitative estimate of drug-likeness (QED) is 0.236. The number of phenols is 1. The van der Waals surface area contributed by atoms with Crippen LogP contribution in [-0.4, -0.2) is 16.5 Å². The SMILES string of the molecule is CCCCCCCCCc1ccc(-c2ccc(/C=N\O)cc2)c(O)c1. The molecule has 134 valence electrons. The molecule has 0 saturated heterocycles. The molecular formula is C22H29NO2. The third-order valence-electron chi connectivity index (χ3n) is 4.56. The van der Waals surface area contributed by atoms with Gasteiger partial charge in [0.25, 0.3) is 0 Å². The highest BCUT2D eigenvalue weighted by molar-refractivity contribution is 5.81. The van der Waals surface area contributed by atoms with E-state index in [0.717, 1.165) is 23.1 Å². The van der Waals surface area contributed by atoms with Crippen molar-refractivity contribution in [1.29, 1.82) is 0 Å². The Balaban J connectivity index is 1.87. The molecule has 0 amide bonds. The van der Waals surface area contributed by atoms with Gasteiger partial charge in [0.05, 0.1) is 6.21 Å². The van der Waals surface area contributed by atoms with E-state index in [1.807, 2.05) is 36.4 Å². The predicted octanol–water partition coefficient (Wildman–Crippen LogP) is 6.16. The third-order valence-corrected chi connectivity index (χ3v) is 4.56. The van der Waals surface area contributed by atoms with E-state index in [2.05, 4.69) is 18.1 Å². The topological polar surface area (TPSA) is 52.8 Å². The standard InChI is InChI=1S/C22H29NO2/c1-2-3-4-5-6-7-8-9-18-12-15-21(22(24)16-18)20-13-10-19(11-14-20)17-23-25/h10-17,24-25H,2-9H2,1H3/b23-17-. The number of rotatable bonds is 10. The van der Waals surface area contributed by atoms with Crippen LogP contribution in [0.5, 0.6) is 5.75 Å². The highest BCUT2D eigenvalue weighted by Gasteiger charge is 2.06. The average Bonchev–Trinajstić information content (AvgIpc) is 2.62. The van der Waals surface area contributed by atoms with E-state index < -0.39 is 0 Å². The molecular weight excluding hydrogens is 310 g/mol. The molecule has 3 heteroatoms. The summed E-state index contributed by atoms with van der Waals surface area (Å²) in [5.41, 5.74) is 3.80. The molecule has 0 radical (unpaired) electrons. The van der Waals surface area contributed by atoms with Crippen LogP contribution in [0.1, 0.15) is 63.0 Å². The molecule has 0 aromatic heterocycles. The minimum absolute atomic E-state index is 0.323. The first-order valence-electron chi connectivity index (χ1n) is 9.34. The summed E-state index contributed by atoms with van der Waals surface area (Å²) >= 11 is 0. The van der Waals surface area contributed by atoms with E-state index in [4.69, 9.17) is 5.21 Å². The Bertz CT molecular complexity index is 662. The van der Waals surface area contributed by atoms with Crippen LogP contribution in [0.2, 0.25) is 0 Å². The van der Waals surface area contributed by atoms with Crippen LogP contribution in [0, 0.1) is 0 Å². The van der Waals surface area contributed by atoms with Gasteiger partial charge in [-0.2, -0.15) is 0 Å². The smallest absolute Gasteiger partial charge is 0.123 e. The second-order valence-electron chi connectivity index (χ2n) is 6.59. The molecule has 0 aliphatic rings. The lowest BCUT2D eigenvalue weighted by Gasteiger charge is -2.08. The number of aromatic hydroxyl groups is 1. The van der Waals surface area contributed by atoms with Crippen LogP contribution in [-0.2, 0) is 6.42 Å². The number of oxime groups is 1. The van der Waals surface area contributed by atoms with Gasteiger partial charge in [-0.05, 0) is 35.6 Å². The molecule has 2 aromatic rings. The molecule has 0 aliphatic carbocycles. The maximum atomic E-state index is 10.4. The predicted molar refractivity (Wildman–Crippen MR) is 105 cm³/mol. The lowest BCUT2D eigenvalue weighted by molar-refractivity contribution is 0.322. The van der Waals surface area contributed by atoms with Crippen LogP contribution in [0.25, 0.3) is 11.1 Å². The van der Waals surface area contributed by atoms with E-state index >= 15 is 0 Å². The Hall–Kier alpha value is -2.29. The molecule has 0 spiro atoms. The molecule has 3 nitrogen and oxygen atoms in total. The molecule has 0 heterocycles. The first-order chi connectivity index (χ1) is 12.2. The van der Waals surface area contributed by atoms with Gasteiger partial charge in [0.15, 0.2) is 0 Å². The van der Waals surface area contributed by atoms with Crippen LogP contribution >= 0.6 is 0 Å². The minimum Gasteiger partial charge on any atom is -0.507 e. The lowest BCUT2D eigenvalue weighted by atomic mass is 9.99. The zero-order chi connectivity index (χ0) is 17.9. The van der Waals surface area contributed by atoms with Crippen molar-refractivity contribution < 1.29 is 10.3 Å². The van der Waals surface area contributed by atoms with Crippen LogP contribution in [0.4, 0.5) is 0 Å². The normalized spacial score (nSPS) is 11.2. The van der Waals surface area contributed by atoms with Gasteiger partial charge in [-0.1, -0.05) is 87.0 Å². The Morgan fingerprint density at radius 2 is 1.56 bits per heavy atom. The first-order valence-corrected chi connectivity index (χ1v) is 9.34. The summed E-state index contributed by atoms with van der Waals surface area (Å²) in [6.45, 7) is 2.24. The second kappa shape index (κ2) is 10.5. The second-order valence-corrected chi connectivity index (χ2v) is 6.59. The van der Waals surface area contributed by atoms with E-state index in [-0.39, 0.29) is 0 Å². The zero-order valence-electron chi connectivity index (χ0n) is 15.1. The first kappa shape index (κ1) is 19.0. The van der Waals surface area contributed by atoms with Gasteiger partial charge < -0.3 is 10.3 Å². The summed E-state index contributed by atoms with van der Waals surface area (Å²) in [6, 6.07) is 13.5. The van der Waals surface area contributed by atoms with Gasteiger partial charge in [-0.3, -0.25) is 0 Å². The van der Waals surface area contributed by atoms with Crippen molar-refractivity contribution in [2.75, 3.05) is 0 Å². The molecule has 0 aliphatic heterocycles. The molecule has 2 N–H and O–H groups in total. The molecule has 2 rings (SSSR count). The Morgan fingerprint density at radius 1 is 0.880 bits per heavy atom. The summed E-state index contributed by atoms with van der Waals surface area (Å²) in [4.78, 5) is 0. The number of phenolic OH excluding ortho intramolecular Hbond substituents is 1. The van der Waals surface area contributed by atoms with E-state index in [0.29, 0.717) is 5.75 Å². The fourth-order valence-corrected chi connectivity index (χ4v) is 3.08. The maximum absolute atomic E-state index is 10.4. The minimum atomic E-state index is 0.323. The summed E-state index contributed by atoms with van der Waals surface area (Å²) in [5, 5.41) is 21.9. The molecule has 0 atom stereocenters. The molecule has 0 fully saturated rings. The van der Waals surface area contributed by atoms with Gasteiger partial charge in [0, 0.05) is 5.56 Å². The largest absolute Gasteiger partial charge is 0.507 e. The molecule has 25 heavy (non-hydrogen) atoms. The van der Waals surface area contributed by atoms with Crippen LogP contribution < -0.4 is 0 Å². The van der Waals surface area contributed by atoms with Crippen molar-refractivity contribution in [3.63, 3.8) is 0 Å². The van der Waals surface area contributed by atoms with Crippen molar-refractivity contribution in [3.8, 4) is 16.9 Å². The van der Waals surface area contributed by atoms with E-state index in [1.165, 1.54) is 56.7 Å². The number of nitrogens with zero attached hydrogens (tertiary/aromatic N) is 1. The van der Waals surface area contributed by atoms with Gasteiger partial charge in [0.1, 0.15) is 5.75 Å². The van der Waals surface area contributed by atoms with Gasteiger partial charge >= 0.3 is 0 Å². The fraction of sp³-hybridized carbons (Fsp3) is 0.409. The number of hydrogen-bond donors (Lipinski definition) is 2. The van der Waals surface area contributed by atoms with Gasteiger partial charge in [-0.15, -0.1) is 0 Å². The Labute approximate surface area is 151 Å². The van der Waals surface area contributed by atoms with E-state index in [1.54, 1.807) is 0 Å². The van der Waals surface area contributed by atoms with Crippen LogP contribution in [0.3, 0.4) is 0 Å². The summed E-state index contributed by atoms with van der Waals surface area (Å²) in [5.74, 6) is 0.323. The third kappa shape index (κ3) is 6.26. The maximum Gasteiger partial charge on any atom is 0.123 e. The van der Waals surface area contributed by atoms with Crippen molar-refractivity contribution in [1.82, 2.24) is 0 Å². The Kier molecular flexibility index (Phi) is 8.03. The monoisotopic (exact) mass is 339 g/mol. The number of aryl methyl sites for hydroxylation is 1. The lowest BCUT2D eigenvalue weighted by Crippen LogP contribution is -1.88. The molecule has 0 unspecified atom stereocenters. The number of hydrogen-bond acceptors (Lipinski definition) is 3. The summed E-state index contributed by atoms with van der Waals surface area (Å²) < 4.78 is 0. The zero-order valence-corrected chi connectivity index (χ0v) is 15.1. The average molecular weight is 339 g/mol. The summed E-state index contributed by atoms with van der Waals surface area (Å²) in [6.07, 6.45) is 11.5. The molecule has 0 bridgehead atoms. The van der Waals surface area contributed by atoms with Gasteiger partial charge in [0.2, 0.25) is 0 Å². The van der Waals surface area contributed by atoms with Crippen LogP contribution in [0.15, 0.2) is 47.6 Å². The fourth-order valence-electron chi connectivity index (χ4n) is 3.08. The summed E-state index contributed by atoms with van der Waals surface area (Å²) in [7, 11) is 0. The van der Waals surface area contributed by atoms with Crippen molar-refractivity contribution in [2.24, 2.45) is 5.16 Å². The Morgan fingerprint density at radius 3 is 2.20 bits per heavy atom. The van der Waals surface area contributed by atoms with Crippen molar-refractivity contribution >= 4 is 6.21 Å².